The van der Waals surface area contributed by atoms with E-state index in [-0.39, 0.29) is 11.9 Å². The minimum absolute atomic E-state index is 0.132. The Balaban J connectivity index is 1.50. The fraction of sp³-hybridized carbons (Fsp3) is 0.957. The van der Waals surface area contributed by atoms with Crippen LogP contribution in [0.1, 0.15) is 52.9 Å². The number of nitrogens with zero attached hydrogens (tertiary/aromatic N) is 3. The van der Waals surface area contributed by atoms with Crippen LogP contribution in [0.15, 0.2) is 0 Å². The average Bonchev–Trinajstić information content (AvgIpc) is 3.11. The van der Waals surface area contributed by atoms with E-state index >= 15 is 0 Å². The van der Waals surface area contributed by atoms with E-state index < -0.39 is 27.9 Å². The summed E-state index contributed by atoms with van der Waals surface area (Å²) in [6.07, 6.45) is 5.49. The van der Waals surface area contributed by atoms with Gasteiger partial charge in [0.25, 0.3) is 5.92 Å². The number of piperidine rings is 3. The van der Waals surface area contributed by atoms with Gasteiger partial charge in [0, 0.05) is 45.7 Å². The highest BCUT2D eigenvalue weighted by Crippen LogP contribution is 2.43. The van der Waals surface area contributed by atoms with Crippen LogP contribution in [-0.2, 0) is 14.8 Å². The van der Waals surface area contributed by atoms with Crippen LogP contribution >= 0.6 is 0 Å². The van der Waals surface area contributed by atoms with Gasteiger partial charge in [0.2, 0.25) is 15.9 Å². The number of alkyl halides is 2. The van der Waals surface area contributed by atoms with Crippen molar-refractivity contribution < 1.29 is 22.0 Å². The molecule has 1 N–H and O–H groups in total. The lowest BCUT2D eigenvalue weighted by Gasteiger charge is -2.43. The number of nitrogens with one attached hydrogen (secondary N) is 1. The Morgan fingerprint density at radius 3 is 2.09 bits per heavy atom. The summed E-state index contributed by atoms with van der Waals surface area (Å²) in [5.41, 5.74) is 3.02. The molecule has 4 fully saturated rings. The summed E-state index contributed by atoms with van der Waals surface area (Å²) < 4.78 is 54.6. The Hall–Kier alpha value is -0.840. The van der Waals surface area contributed by atoms with Crippen LogP contribution in [0, 0.1) is 29.6 Å². The smallest absolute Gasteiger partial charge is 0.262 e. The molecule has 0 saturated carbocycles. The van der Waals surface area contributed by atoms with Crippen molar-refractivity contribution in [3.8, 4) is 0 Å². The van der Waals surface area contributed by atoms with Crippen molar-refractivity contribution >= 4 is 15.9 Å². The van der Waals surface area contributed by atoms with E-state index in [4.69, 9.17) is 0 Å². The van der Waals surface area contributed by atoms with E-state index in [2.05, 4.69) is 19.3 Å². The topological polar surface area (TPSA) is 73.0 Å². The number of rotatable bonds is 4. The molecule has 7 nitrogen and oxygen atoms in total. The third-order valence-electron chi connectivity index (χ3n) is 8.41. The molecule has 4 aliphatic rings. The van der Waals surface area contributed by atoms with E-state index in [0.717, 1.165) is 32.6 Å². The SMILES string of the molecule is CC1CC(C)CN(C(=O)C2C3CC(C4CCN(S(C)(=O)=O)CC4)CCN3NC2C(C)(F)F)C1. The summed E-state index contributed by atoms with van der Waals surface area (Å²) >= 11 is 0. The standard InChI is InChI=1S/C23H40F2N4O3S/c1-15-11-16(2)14-27(13-15)22(30)20-19-12-18(7-10-29(19)26-21(20)23(3,24)25)17-5-8-28(9-6-17)33(4,31)32/h15-21,26H,5-14H2,1-4H3. The maximum absolute atomic E-state index is 14.7. The van der Waals surface area contributed by atoms with Crippen molar-refractivity contribution in [2.24, 2.45) is 29.6 Å². The minimum Gasteiger partial charge on any atom is -0.342 e. The average molecular weight is 491 g/mol. The van der Waals surface area contributed by atoms with Crippen LogP contribution in [0.4, 0.5) is 8.78 Å². The first-order valence-corrected chi connectivity index (χ1v) is 14.3. The first-order valence-electron chi connectivity index (χ1n) is 12.5. The quantitative estimate of drug-likeness (QED) is 0.655. The van der Waals surface area contributed by atoms with Gasteiger partial charge in [-0.3, -0.25) is 4.79 Å². The van der Waals surface area contributed by atoms with E-state index in [0.29, 0.717) is 62.8 Å². The van der Waals surface area contributed by atoms with Crippen molar-refractivity contribution in [1.29, 1.82) is 0 Å². The molecule has 0 aromatic carbocycles. The Bertz CT molecular complexity index is 818. The van der Waals surface area contributed by atoms with Gasteiger partial charge in [-0.15, -0.1) is 0 Å². The van der Waals surface area contributed by atoms with Gasteiger partial charge in [-0.05, 0) is 55.8 Å². The maximum atomic E-state index is 14.7. The van der Waals surface area contributed by atoms with E-state index in [1.165, 1.54) is 10.6 Å². The van der Waals surface area contributed by atoms with E-state index in [9.17, 15) is 22.0 Å². The number of hydrazine groups is 1. The van der Waals surface area contributed by atoms with Crippen molar-refractivity contribution in [2.75, 3.05) is 39.0 Å². The van der Waals surface area contributed by atoms with Crippen LogP contribution in [0.2, 0.25) is 0 Å². The van der Waals surface area contributed by atoms with Crippen molar-refractivity contribution in [1.82, 2.24) is 19.6 Å². The summed E-state index contributed by atoms with van der Waals surface area (Å²) in [5.74, 6) is -2.44. The monoisotopic (exact) mass is 490 g/mol. The summed E-state index contributed by atoms with van der Waals surface area (Å²) in [5, 5.41) is 1.91. The molecule has 190 valence electrons. The number of carbonyl (C=O) groups excluding carboxylic acids is 1. The van der Waals surface area contributed by atoms with Crippen LogP contribution in [0.3, 0.4) is 0 Å². The predicted octanol–water partition coefficient (Wildman–Crippen LogP) is 2.40. The molecule has 4 rings (SSSR count). The molecule has 4 saturated heterocycles. The van der Waals surface area contributed by atoms with Crippen molar-refractivity contribution in [2.45, 2.75) is 70.9 Å². The number of hydrogen-bond donors (Lipinski definition) is 1. The summed E-state index contributed by atoms with van der Waals surface area (Å²) in [4.78, 5) is 15.5. The zero-order valence-corrected chi connectivity index (χ0v) is 21.2. The molecule has 0 bridgehead atoms. The fourth-order valence-corrected chi connectivity index (χ4v) is 7.78. The second-order valence-corrected chi connectivity index (χ2v) is 13.3. The Kier molecular flexibility index (Phi) is 7.13. The van der Waals surface area contributed by atoms with Crippen molar-refractivity contribution in [3.63, 3.8) is 0 Å². The molecule has 33 heavy (non-hydrogen) atoms. The second kappa shape index (κ2) is 9.32. The third kappa shape index (κ3) is 5.38. The second-order valence-electron chi connectivity index (χ2n) is 11.3. The Morgan fingerprint density at radius 2 is 1.55 bits per heavy atom. The predicted molar refractivity (Wildman–Crippen MR) is 123 cm³/mol. The molecule has 10 heteroatoms. The van der Waals surface area contributed by atoms with Crippen LogP contribution in [0.5, 0.6) is 0 Å². The van der Waals surface area contributed by atoms with E-state index in [1.807, 2.05) is 9.91 Å². The number of hydrogen-bond acceptors (Lipinski definition) is 5. The van der Waals surface area contributed by atoms with Gasteiger partial charge in [-0.25, -0.2) is 31.9 Å². The van der Waals surface area contributed by atoms with Crippen LogP contribution < -0.4 is 5.43 Å². The number of fused-ring (bicyclic) bond motifs is 1. The molecular formula is C23H40F2N4O3S. The highest BCUT2D eigenvalue weighted by Gasteiger charge is 2.57. The number of sulfonamides is 1. The van der Waals surface area contributed by atoms with Gasteiger partial charge in [0.15, 0.2) is 0 Å². The molecule has 4 heterocycles. The van der Waals surface area contributed by atoms with Gasteiger partial charge in [-0.1, -0.05) is 13.8 Å². The fourth-order valence-electron chi connectivity index (χ4n) is 6.90. The zero-order chi connectivity index (χ0) is 24.1. The van der Waals surface area contributed by atoms with Crippen molar-refractivity contribution in [3.05, 3.63) is 0 Å². The zero-order valence-electron chi connectivity index (χ0n) is 20.3. The molecule has 1 amide bonds. The lowest BCUT2D eigenvalue weighted by molar-refractivity contribution is -0.143. The molecular weight excluding hydrogens is 450 g/mol. The van der Waals surface area contributed by atoms with Gasteiger partial charge in [-0.2, -0.15) is 0 Å². The van der Waals surface area contributed by atoms with Gasteiger partial charge < -0.3 is 4.90 Å². The molecule has 0 radical (unpaired) electrons. The molecule has 6 unspecified atom stereocenters. The Morgan fingerprint density at radius 1 is 0.970 bits per heavy atom. The number of halogens is 2. The third-order valence-corrected chi connectivity index (χ3v) is 9.71. The van der Waals surface area contributed by atoms with Gasteiger partial charge in [0.1, 0.15) is 0 Å². The number of carbonyl (C=O) groups is 1. The van der Waals surface area contributed by atoms with Crippen LogP contribution in [-0.4, -0.2) is 85.5 Å². The molecule has 6 atom stereocenters. The Labute approximate surface area is 197 Å². The van der Waals surface area contributed by atoms with E-state index in [1.54, 1.807) is 0 Å². The summed E-state index contributed by atoms with van der Waals surface area (Å²) in [7, 11) is -3.18. The first-order chi connectivity index (χ1) is 15.3. The highest BCUT2D eigenvalue weighted by atomic mass is 32.2. The lowest BCUT2D eigenvalue weighted by Crippen LogP contribution is -2.53. The lowest BCUT2D eigenvalue weighted by atomic mass is 9.74. The molecule has 0 aliphatic carbocycles. The van der Waals surface area contributed by atoms with Crippen LogP contribution in [0.25, 0.3) is 0 Å². The number of amides is 1. The molecule has 4 aliphatic heterocycles. The maximum Gasteiger partial charge on any atom is 0.262 e. The molecule has 0 aromatic rings. The minimum atomic E-state index is -3.18. The molecule has 0 aromatic heterocycles. The normalized spacial score (nSPS) is 37.8. The largest absolute Gasteiger partial charge is 0.342 e. The number of likely N-dealkylation sites (tertiary alicyclic amines) is 1. The summed E-state index contributed by atoms with van der Waals surface area (Å²) in [6.45, 7) is 8.14. The highest BCUT2D eigenvalue weighted by molar-refractivity contribution is 7.88. The van der Waals surface area contributed by atoms with Gasteiger partial charge >= 0.3 is 0 Å². The molecule has 0 spiro atoms. The first kappa shape index (κ1) is 25.3. The summed E-state index contributed by atoms with van der Waals surface area (Å²) in [6, 6.07) is -1.43. The van der Waals surface area contributed by atoms with Gasteiger partial charge in [0.05, 0.1) is 18.2 Å².